The second-order valence-electron chi connectivity index (χ2n) is 9.52. The van der Waals surface area contributed by atoms with E-state index in [9.17, 15) is 13.6 Å². The molecule has 1 aliphatic carbocycles. The molecule has 186 valence electrons. The van der Waals surface area contributed by atoms with Crippen molar-refractivity contribution in [3.63, 3.8) is 0 Å². The molecule has 2 heterocycles. The highest BCUT2D eigenvalue weighted by molar-refractivity contribution is 7.95. The Balaban J connectivity index is 1.58. The van der Waals surface area contributed by atoms with E-state index in [0.29, 0.717) is 36.7 Å². The van der Waals surface area contributed by atoms with Gasteiger partial charge in [-0.1, -0.05) is 47.7 Å². The molecule has 2 amide bonds. The van der Waals surface area contributed by atoms with E-state index >= 15 is 0 Å². The van der Waals surface area contributed by atoms with Crippen molar-refractivity contribution in [3.8, 4) is 5.75 Å². The van der Waals surface area contributed by atoms with Gasteiger partial charge in [-0.3, -0.25) is 15.2 Å². The molecule has 2 aromatic carbocycles. The number of nitrogens with zero attached hydrogens (tertiary/aromatic N) is 3. The van der Waals surface area contributed by atoms with Crippen LogP contribution in [0.4, 0.5) is 10.5 Å². The highest BCUT2D eigenvalue weighted by atomic mass is 32.3. The average Bonchev–Trinajstić information content (AvgIpc) is 3.14. The number of sulfonamides is 1. The lowest BCUT2D eigenvalue weighted by Crippen LogP contribution is -2.62. The molecule has 1 N–H and O–H groups in total. The highest BCUT2D eigenvalue weighted by Gasteiger charge is 2.56. The van der Waals surface area contributed by atoms with Gasteiger partial charge in [0.2, 0.25) is 0 Å². The SMILES string of the molecule is COc1cccc(N2C(=O)NC(=NC3CCCCC3)C23CCCN([S+](=O)([O-])c2ccccc2)C3)c1. The van der Waals surface area contributed by atoms with Gasteiger partial charge in [-0.25, -0.2) is 4.79 Å². The zero-order valence-corrected chi connectivity index (χ0v) is 20.8. The van der Waals surface area contributed by atoms with Crippen molar-refractivity contribution >= 4 is 28.0 Å². The van der Waals surface area contributed by atoms with Crippen LogP contribution in [0.5, 0.6) is 5.75 Å². The summed E-state index contributed by atoms with van der Waals surface area (Å²) in [5.41, 5.74) is -0.240. The molecule has 0 bridgehead atoms. The van der Waals surface area contributed by atoms with E-state index in [0.717, 1.165) is 25.7 Å². The summed E-state index contributed by atoms with van der Waals surface area (Å²) < 4.78 is 34.1. The number of piperidine rings is 1. The second-order valence-corrected chi connectivity index (χ2v) is 11.5. The maximum Gasteiger partial charge on any atom is 0.328 e. The second kappa shape index (κ2) is 9.72. The Bertz CT molecular complexity index is 1150. The summed E-state index contributed by atoms with van der Waals surface area (Å²) >= 11 is 0. The molecule has 2 aromatic rings. The first-order chi connectivity index (χ1) is 16.9. The van der Waals surface area contributed by atoms with Crippen LogP contribution in [-0.2, 0) is 14.6 Å². The van der Waals surface area contributed by atoms with Crippen LogP contribution >= 0.6 is 0 Å². The fourth-order valence-electron chi connectivity index (χ4n) is 5.55. The predicted octanol–water partition coefficient (Wildman–Crippen LogP) is 4.39. The topological polar surface area (TPSA) is 97.3 Å². The van der Waals surface area contributed by atoms with E-state index in [1.54, 1.807) is 42.3 Å². The third-order valence-electron chi connectivity index (χ3n) is 7.31. The van der Waals surface area contributed by atoms with E-state index in [-0.39, 0.29) is 23.5 Å². The smallest absolute Gasteiger partial charge is 0.328 e. The standard InChI is InChI=1S/C26H32N4O4S/c1-34-22-13-8-12-21(18-22)30-25(31)28-24(27-20-10-4-2-5-11-20)26(30)16-9-17-29(19-26)35(32,33)23-14-6-3-7-15-23/h3,6-8,12-15,18,20H,2,4-5,9-11,16-17,19H2,1H3,(H-,27,28,31,32,33). The number of methoxy groups -OCH3 is 1. The Kier molecular flexibility index (Phi) is 6.65. The summed E-state index contributed by atoms with van der Waals surface area (Å²) in [6.07, 6.45) is 6.66. The zero-order valence-electron chi connectivity index (χ0n) is 20.0. The maximum absolute atomic E-state index is 13.6. The molecule has 3 aliphatic rings. The number of amides is 2. The lowest BCUT2D eigenvalue weighted by molar-refractivity contribution is 0.236. The van der Waals surface area contributed by atoms with Crippen LogP contribution < -0.4 is 15.0 Å². The quantitative estimate of drug-likeness (QED) is 0.621. The van der Waals surface area contributed by atoms with Crippen molar-refractivity contribution in [2.24, 2.45) is 4.99 Å². The van der Waals surface area contributed by atoms with Gasteiger partial charge >= 0.3 is 6.03 Å². The van der Waals surface area contributed by atoms with Gasteiger partial charge in [0.05, 0.1) is 25.4 Å². The van der Waals surface area contributed by atoms with Gasteiger partial charge in [-0.15, -0.1) is 4.31 Å². The average molecular weight is 497 g/mol. The van der Waals surface area contributed by atoms with Gasteiger partial charge in [0, 0.05) is 12.6 Å². The van der Waals surface area contributed by atoms with E-state index < -0.39 is 15.9 Å². The minimum atomic E-state index is -3.73. The fraction of sp³-hybridized carbons (Fsp3) is 0.462. The molecule has 2 atom stereocenters. The normalized spacial score (nSPS) is 26.6. The Morgan fingerprint density at radius 1 is 1.09 bits per heavy atom. The molecular weight excluding hydrogens is 464 g/mol. The van der Waals surface area contributed by atoms with Crippen molar-refractivity contribution < 1.29 is 18.3 Å². The van der Waals surface area contributed by atoms with Crippen molar-refractivity contribution in [1.82, 2.24) is 9.62 Å². The molecule has 3 fully saturated rings. The van der Waals surface area contributed by atoms with Crippen LogP contribution in [0.3, 0.4) is 0 Å². The monoisotopic (exact) mass is 496 g/mol. The van der Waals surface area contributed by atoms with Gasteiger partial charge < -0.3 is 9.29 Å². The molecule has 2 unspecified atom stereocenters. The molecular formula is C26H32N4O4S. The molecule has 1 spiro atoms. The summed E-state index contributed by atoms with van der Waals surface area (Å²) in [6.45, 7) is 0.543. The maximum atomic E-state index is 13.6. The van der Waals surface area contributed by atoms with Crippen LogP contribution in [0.25, 0.3) is 0 Å². The van der Waals surface area contributed by atoms with Crippen LogP contribution in [-0.4, -0.2) is 52.5 Å². The van der Waals surface area contributed by atoms with Crippen molar-refractivity contribution in [1.29, 1.82) is 0 Å². The van der Waals surface area contributed by atoms with E-state index in [2.05, 4.69) is 5.32 Å². The lowest BCUT2D eigenvalue weighted by atomic mass is 9.87. The van der Waals surface area contributed by atoms with Crippen LogP contribution in [0.2, 0.25) is 0 Å². The summed E-state index contributed by atoms with van der Waals surface area (Å²) in [4.78, 5) is 20.5. The molecule has 8 nitrogen and oxygen atoms in total. The molecule has 9 heteroatoms. The Morgan fingerprint density at radius 2 is 1.86 bits per heavy atom. The number of nitrogens with one attached hydrogen (secondary N) is 1. The predicted molar refractivity (Wildman–Crippen MR) is 135 cm³/mol. The summed E-state index contributed by atoms with van der Waals surface area (Å²) in [5.74, 6) is 1.22. The number of carbonyl (C=O) groups excluding carboxylic acids is 1. The Morgan fingerprint density at radius 3 is 2.60 bits per heavy atom. The first kappa shape index (κ1) is 24.0. The van der Waals surface area contributed by atoms with E-state index in [1.807, 2.05) is 24.3 Å². The molecule has 2 saturated heterocycles. The first-order valence-electron chi connectivity index (χ1n) is 12.3. The molecule has 2 aliphatic heterocycles. The molecule has 0 aromatic heterocycles. The number of anilines is 1. The summed E-state index contributed by atoms with van der Waals surface area (Å²) in [5, 5.41) is 3.03. The van der Waals surface area contributed by atoms with Crippen molar-refractivity contribution in [2.75, 3.05) is 25.1 Å². The number of hydrogen-bond acceptors (Lipinski definition) is 5. The van der Waals surface area contributed by atoms with Crippen LogP contribution in [0.15, 0.2) is 64.5 Å². The number of benzene rings is 2. The first-order valence-corrected chi connectivity index (χ1v) is 13.8. The number of hydrogen-bond donors (Lipinski definition) is 1. The van der Waals surface area contributed by atoms with Gasteiger partial charge in [0.15, 0.2) is 15.3 Å². The minimum Gasteiger partial charge on any atom is -0.593 e. The molecule has 1 saturated carbocycles. The molecule has 35 heavy (non-hydrogen) atoms. The number of urea groups is 1. The molecule has 5 rings (SSSR count). The number of aliphatic imine (C=N–C) groups is 1. The van der Waals surface area contributed by atoms with Crippen LogP contribution in [0, 0.1) is 0 Å². The number of carbonyl (C=O) groups is 1. The summed E-state index contributed by atoms with van der Waals surface area (Å²) in [7, 11) is -2.14. The van der Waals surface area contributed by atoms with Gasteiger partial charge in [0.1, 0.15) is 17.1 Å². The molecule has 0 radical (unpaired) electrons. The van der Waals surface area contributed by atoms with Gasteiger partial charge in [0.25, 0.3) is 0 Å². The van der Waals surface area contributed by atoms with Gasteiger partial charge in [-0.2, -0.15) is 0 Å². The Labute approximate surface area is 207 Å². The van der Waals surface area contributed by atoms with Crippen LogP contribution in [0.1, 0.15) is 44.9 Å². The number of amidine groups is 1. The third kappa shape index (κ3) is 4.48. The highest BCUT2D eigenvalue weighted by Crippen LogP contribution is 2.40. The zero-order chi connectivity index (χ0) is 24.5. The van der Waals surface area contributed by atoms with Gasteiger partial charge in [-0.05, 0) is 49.9 Å². The van der Waals surface area contributed by atoms with E-state index in [4.69, 9.17) is 9.73 Å². The Hall–Kier alpha value is -2.75. The van der Waals surface area contributed by atoms with Crippen molar-refractivity contribution in [3.05, 3.63) is 54.6 Å². The third-order valence-corrected chi connectivity index (χ3v) is 9.17. The summed E-state index contributed by atoms with van der Waals surface area (Å²) in [6, 6.07) is 15.7. The van der Waals surface area contributed by atoms with Crippen molar-refractivity contribution in [2.45, 2.75) is 61.4 Å². The fourth-order valence-corrected chi connectivity index (χ4v) is 7.11. The number of ether oxygens (including phenoxy) is 1. The minimum absolute atomic E-state index is 0.141. The largest absolute Gasteiger partial charge is 0.593 e. The van der Waals surface area contributed by atoms with E-state index in [1.165, 1.54) is 10.7 Å². The number of rotatable bonds is 5. The lowest BCUT2D eigenvalue weighted by Gasteiger charge is -2.44.